The maximum Gasteiger partial charge on any atom is 0.215 e. The molecule has 2 N–H and O–H groups in total. The van der Waals surface area contributed by atoms with Crippen molar-refractivity contribution in [1.82, 2.24) is 14.5 Å². The van der Waals surface area contributed by atoms with E-state index >= 15 is 0 Å². The van der Waals surface area contributed by atoms with E-state index in [4.69, 9.17) is 5.11 Å². The second-order valence-corrected chi connectivity index (χ2v) is 5.97. The molecule has 1 aliphatic heterocycles. The lowest BCUT2D eigenvalue weighted by Crippen LogP contribution is -2.50. The first-order chi connectivity index (χ1) is 7.60. The number of hydrogen-bond acceptors (Lipinski definition) is 5. The van der Waals surface area contributed by atoms with Crippen LogP contribution in [0.25, 0.3) is 0 Å². The number of nitrogens with zero attached hydrogens (tertiary/aromatic N) is 2. The maximum absolute atomic E-state index is 11.8. The second kappa shape index (κ2) is 6.51. The standard InChI is InChI=1S/C9H21N3O3S/c1-10-2-9-16(14,15)12-5-3-11(4-6-12)7-8-13/h10,13H,2-9H2,1H3. The van der Waals surface area contributed by atoms with Crippen molar-refractivity contribution in [3.63, 3.8) is 0 Å². The summed E-state index contributed by atoms with van der Waals surface area (Å²) in [5.74, 6) is 0.156. The molecule has 0 saturated carbocycles. The fourth-order valence-electron chi connectivity index (χ4n) is 1.73. The van der Waals surface area contributed by atoms with E-state index in [0.717, 1.165) is 0 Å². The third-order valence-corrected chi connectivity index (χ3v) is 4.62. The molecule has 1 rings (SSSR count). The monoisotopic (exact) mass is 251 g/mol. The lowest BCUT2D eigenvalue weighted by Gasteiger charge is -2.33. The van der Waals surface area contributed by atoms with Gasteiger partial charge >= 0.3 is 0 Å². The summed E-state index contributed by atoms with van der Waals surface area (Å²) in [4.78, 5) is 2.07. The van der Waals surface area contributed by atoms with Gasteiger partial charge in [-0.15, -0.1) is 0 Å². The van der Waals surface area contributed by atoms with Gasteiger partial charge in [0.2, 0.25) is 10.0 Å². The fraction of sp³-hybridized carbons (Fsp3) is 1.00. The molecule has 16 heavy (non-hydrogen) atoms. The second-order valence-electron chi connectivity index (χ2n) is 3.88. The first kappa shape index (κ1) is 13.9. The van der Waals surface area contributed by atoms with Crippen LogP contribution in [0, 0.1) is 0 Å². The van der Waals surface area contributed by atoms with Crippen molar-refractivity contribution < 1.29 is 13.5 Å². The minimum atomic E-state index is -3.10. The Morgan fingerprint density at radius 3 is 2.38 bits per heavy atom. The summed E-state index contributed by atoms with van der Waals surface area (Å²) >= 11 is 0. The Balaban J connectivity index is 2.40. The number of aliphatic hydroxyl groups excluding tert-OH is 1. The van der Waals surface area contributed by atoms with E-state index in [9.17, 15) is 8.42 Å². The van der Waals surface area contributed by atoms with E-state index in [1.807, 2.05) is 0 Å². The molecule has 0 radical (unpaired) electrons. The zero-order valence-electron chi connectivity index (χ0n) is 9.72. The van der Waals surface area contributed by atoms with Crippen LogP contribution in [0.2, 0.25) is 0 Å². The van der Waals surface area contributed by atoms with Gasteiger partial charge in [0.05, 0.1) is 12.4 Å². The molecule has 0 aromatic heterocycles. The summed E-state index contributed by atoms with van der Waals surface area (Å²) in [6, 6.07) is 0. The molecular formula is C9H21N3O3S. The third-order valence-electron chi connectivity index (χ3n) is 2.75. The van der Waals surface area contributed by atoms with Crippen LogP contribution in [-0.4, -0.2) is 81.4 Å². The van der Waals surface area contributed by atoms with E-state index in [1.165, 1.54) is 4.31 Å². The van der Waals surface area contributed by atoms with Crippen molar-refractivity contribution in [3.8, 4) is 0 Å². The van der Waals surface area contributed by atoms with Crippen LogP contribution in [0.3, 0.4) is 0 Å². The van der Waals surface area contributed by atoms with Crippen molar-refractivity contribution in [2.45, 2.75) is 0 Å². The average Bonchev–Trinajstić information content (AvgIpc) is 2.28. The number of hydrogen-bond donors (Lipinski definition) is 2. The highest BCUT2D eigenvalue weighted by Gasteiger charge is 2.25. The Kier molecular flexibility index (Phi) is 5.63. The quantitative estimate of drug-likeness (QED) is 0.579. The predicted octanol–water partition coefficient (Wildman–Crippen LogP) is -1.85. The van der Waals surface area contributed by atoms with Gasteiger partial charge in [-0.3, -0.25) is 4.90 Å². The fourth-order valence-corrected chi connectivity index (χ4v) is 3.17. The lowest BCUT2D eigenvalue weighted by molar-refractivity contribution is 0.151. The summed E-state index contributed by atoms with van der Waals surface area (Å²) in [5.41, 5.74) is 0. The molecule has 0 aromatic carbocycles. The summed E-state index contributed by atoms with van der Waals surface area (Å²) in [7, 11) is -1.36. The zero-order chi connectivity index (χ0) is 12.0. The van der Waals surface area contributed by atoms with Crippen molar-refractivity contribution >= 4 is 10.0 Å². The van der Waals surface area contributed by atoms with E-state index in [2.05, 4.69) is 10.2 Å². The molecule has 1 heterocycles. The van der Waals surface area contributed by atoms with E-state index < -0.39 is 10.0 Å². The summed E-state index contributed by atoms with van der Waals surface area (Å²) in [5, 5.41) is 11.6. The van der Waals surface area contributed by atoms with Crippen LogP contribution in [-0.2, 0) is 10.0 Å². The maximum atomic E-state index is 11.8. The van der Waals surface area contributed by atoms with Crippen LogP contribution in [0.4, 0.5) is 0 Å². The number of sulfonamides is 1. The molecule has 0 atom stereocenters. The number of β-amino-alcohol motifs (C(OH)–C–C–N with tert-alkyl or cyclic N) is 1. The van der Waals surface area contributed by atoms with Gasteiger partial charge in [0.15, 0.2) is 0 Å². The Labute approximate surface area is 97.3 Å². The Hall–Kier alpha value is -0.210. The van der Waals surface area contributed by atoms with Crippen LogP contribution in [0.5, 0.6) is 0 Å². The molecule has 1 saturated heterocycles. The minimum absolute atomic E-state index is 0.131. The van der Waals surface area contributed by atoms with Gasteiger partial charge in [0.1, 0.15) is 0 Å². The highest BCUT2D eigenvalue weighted by Crippen LogP contribution is 2.07. The third kappa shape index (κ3) is 3.99. The van der Waals surface area contributed by atoms with Gasteiger partial charge in [-0.2, -0.15) is 4.31 Å². The molecule has 0 unspecified atom stereocenters. The number of rotatable bonds is 6. The van der Waals surface area contributed by atoms with Gasteiger partial charge in [-0.1, -0.05) is 0 Å². The minimum Gasteiger partial charge on any atom is -0.395 e. The summed E-state index contributed by atoms with van der Waals surface area (Å²) in [6.45, 7) is 3.73. The molecule has 1 aliphatic rings. The topological polar surface area (TPSA) is 72.9 Å². The predicted molar refractivity (Wildman–Crippen MR) is 62.8 cm³/mol. The molecule has 7 heteroatoms. The molecule has 6 nitrogen and oxygen atoms in total. The highest BCUT2D eigenvalue weighted by molar-refractivity contribution is 7.89. The van der Waals surface area contributed by atoms with Gasteiger partial charge in [-0.05, 0) is 7.05 Å². The van der Waals surface area contributed by atoms with Crippen LogP contribution >= 0.6 is 0 Å². The lowest BCUT2D eigenvalue weighted by atomic mass is 10.4. The van der Waals surface area contributed by atoms with Crippen LogP contribution in [0.1, 0.15) is 0 Å². The Morgan fingerprint density at radius 1 is 1.25 bits per heavy atom. The average molecular weight is 251 g/mol. The first-order valence-corrected chi connectivity index (χ1v) is 7.16. The molecule has 0 amide bonds. The summed E-state index contributed by atoms with van der Waals surface area (Å²) < 4.78 is 25.2. The van der Waals surface area contributed by atoms with Crippen molar-refractivity contribution in [3.05, 3.63) is 0 Å². The first-order valence-electron chi connectivity index (χ1n) is 5.56. The summed E-state index contributed by atoms with van der Waals surface area (Å²) in [6.07, 6.45) is 0. The molecule has 1 fully saturated rings. The van der Waals surface area contributed by atoms with Crippen LogP contribution < -0.4 is 5.32 Å². The van der Waals surface area contributed by atoms with Gasteiger partial charge in [0, 0.05) is 39.3 Å². The molecule has 0 aromatic rings. The molecule has 0 spiro atoms. The van der Waals surface area contributed by atoms with Crippen molar-refractivity contribution in [1.29, 1.82) is 0 Å². The molecular weight excluding hydrogens is 230 g/mol. The van der Waals surface area contributed by atoms with Gasteiger partial charge < -0.3 is 10.4 Å². The number of aliphatic hydroxyl groups is 1. The number of nitrogens with one attached hydrogen (secondary N) is 1. The van der Waals surface area contributed by atoms with Gasteiger partial charge in [-0.25, -0.2) is 8.42 Å². The zero-order valence-corrected chi connectivity index (χ0v) is 10.5. The number of piperazine rings is 1. The van der Waals surface area contributed by atoms with Crippen molar-refractivity contribution in [2.24, 2.45) is 0 Å². The Bertz CT molecular complexity index is 286. The molecule has 0 bridgehead atoms. The normalized spacial score (nSPS) is 20.1. The van der Waals surface area contributed by atoms with Crippen LogP contribution in [0.15, 0.2) is 0 Å². The highest BCUT2D eigenvalue weighted by atomic mass is 32.2. The van der Waals surface area contributed by atoms with E-state index in [-0.39, 0.29) is 12.4 Å². The van der Waals surface area contributed by atoms with Gasteiger partial charge in [0.25, 0.3) is 0 Å². The largest absolute Gasteiger partial charge is 0.395 e. The smallest absolute Gasteiger partial charge is 0.215 e. The molecule has 96 valence electrons. The van der Waals surface area contributed by atoms with E-state index in [1.54, 1.807) is 7.05 Å². The molecule has 0 aliphatic carbocycles. The van der Waals surface area contributed by atoms with E-state index in [0.29, 0.717) is 39.3 Å². The van der Waals surface area contributed by atoms with Crippen molar-refractivity contribution in [2.75, 3.05) is 58.7 Å². The SMILES string of the molecule is CNCCS(=O)(=O)N1CCN(CCO)CC1. The Morgan fingerprint density at radius 2 is 1.88 bits per heavy atom.